The Kier molecular flexibility index (Phi) is 24.1. The number of nitrogens with zero attached hydrogens (tertiary/aromatic N) is 3. The Balaban J connectivity index is 0.000000213. The van der Waals surface area contributed by atoms with Crippen molar-refractivity contribution in [2.45, 2.75) is 128 Å². The van der Waals surface area contributed by atoms with E-state index in [0.29, 0.717) is 58.2 Å². The van der Waals surface area contributed by atoms with Gasteiger partial charge in [-0.1, -0.05) is 94.2 Å². The lowest BCUT2D eigenvalue weighted by atomic mass is 9.91. The highest BCUT2D eigenvalue weighted by Gasteiger charge is 2.54. The molecule has 2 saturated heterocycles. The number of rotatable bonds is 23. The van der Waals surface area contributed by atoms with Gasteiger partial charge >= 0.3 is 0 Å². The Morgan fingerprint density at radius 1 is 0.753 bits per heavy atom. The number of hydrogen-bond donors (Lipinski definition) is 2. The molecular weight excluding hydrogens is 1100 g/mol. The molecule has 4 aromatic carbocycles. The van der Waals surface area contributed by atoms with Crippen molar-refractivity contribution in [2.75, 3.05) is 83.8 Å². The normalized spacial score (nSPS) is 19.2. The first-order valence-electron chi connectivity index (χ1n) is 28.1. The zero-order valence-electron chi connectivity index (χ0n) is 48.6. The molecule has 8 rings (SSSR count). The van der Waals surface area contributed by atoms with Crippen LogP contribution in [0.2, 0.25) is 10.0 Å². The second-order valence-electron chi connectivity index (χ2n) is 21.5. The number of ether oxygens (including phenoxy) is 5. The smallest absolute Gasteiger partial charge is 0.264 e. The van der Waals surface area contributed by atoms with Crippen molar-refractivity contribution in [1.82, 2.24) is 15.5 Å². The van der Waals surface area contributed by atoms with Gasteiger partial charge in [0, 0.05) is 88.5 Å². The molecular formula is C61H83Cl2N5O12S. The van der Waals surface area contributed by atoms with Gasteiger partial charge < -0.3 is 49.0 Å². The molecule has 0 bridgehead atoms. The third-order valence-corrected chi connectivity index (χ3v) is 16.7. The van der Waals surface area contributed by atoms with Crippen LogP contribution in [-0.4, -0.2) is 135 Å². The minimum absolute atomic E-state index is 0.00592. The summed E-state index contributed by atoms with van der Waals surface area (Å²) in [7, 11) is 2.83. The van der Waals surface area contributed by atoms with Gasteiger partial charge in [-0.05, 0) is 99.0 Å². The van der Waals surface area contributed by atoms with Crippen molar-refractivity contribution in [2.24, 2.45) is 11.8 Å². The van der Waals surface area contributed by atoms with E-state index in [1.165, 1.54) is 7.11 Å². The third-order valence-electron chi connectivity index (χ3n) is 15.5. The van der Waals surface area contributed by atoms with Gasteiger partial charge in [0.15, 0.2) is 5.60 Å². The molecule has 4 atom stereocenters. The van der Waals surface area contributed by atoms with Gasteiger partial charge in [-0.15, -0.1) is 0 Å². The van der Waals surface area contributed by atoms with Crippen LogP contribution < -0.4 is 39.4 Å². The standard InChI is InChI=1S/C30H40ClN3O5.C17H22N2O2.C14H21ClO5S/c1-20(2)26(39-27-18-22(37-4)10-11-24(27)31)14-17-33-15-12-21(13-16-33)34-25-9-7-6-8-23(25)30(38-5,29(34)36)19-28(35)32-3;1-2-13(20)11-15-14-5-3-4-6-16(14)19(17(15)21)12-7-9-18-10-8-12;1-10(2)13(7-8-19-21(4,16)17)20-14-9-11(18-3)5-6-12(14)15/h6-11,18,20-21,26H,12-17,19H2,1-5H3,(H,32,35);3-6,12,15,18H,2,7-11H2,1H3;5-6,9-10,13H,7-8H2,1-4H3. The molecule has 20 heteroatoms. The number of carbonyl (C=O) groups is 4. The summed E-state index contributed by atoms with van der Waals surface area (Å²) in [5.74, 6) is 2.61. The Hall–Kier alpha value is -5.47. The topological polar surface area (TPSA) is 192 Å². The number of nitrogens with one attached hydrogen (secondary N) is 2. The van der Waals surface area contributed by atoms with Gasteiger partial charge in [-0.25, -0.2) is 0 Å². The lowest BCUT2D eigenvalue weighted by molar-refractivity contribution is -0.146. The van der Waals surface area contributed by atoms with Crippen LogP contribution in [0.5, 0.6) is 23.0 Å². The predicted molar refractivity (Wildman–Crippen MR) is 318 cm³/mol. The van der Waals surface area contributed by atoms with Crippen LogP contribution in [0.25, 0.3) is 0 Å². The summed E-state index contributed by atoms with van der Waals surface area (Å²) in [5.41, 5.74) is 2.36. The fourth-order valence-corrected chi connectivity index (χ4v) is 11.5. The molecule has 4 aromatic rings. The Morgan fingerprint density at radius 3 is 1.83 bits per heavy atom. The summed E-state index contributed by atoms with van der Waals surface area (Å²) in [6.07, 6.45) is 6.57. The molecule has 4 aliphatic rings. The minimum Gasteiger partial charge on any atom is -0.497 e. The molecule has 3 amide bonds. The van der Waals surface area contributed by atoms with E-state index in [9.17, 15) is 27.6 Å². The monoisotopic (exact) mass is 1180 g/mol. The summed E-state index contributed by atoms with van der Waals surface area (Å²) in [6, 6.07) is 26.5. The number of hydrogen-bond acceptors (Lipinski definition) is 14. The molecule has 2 fully saturated rings. The van der Waals surface area contributed by atoms with Crippen molar-refractivity contribution >= 4 is 68.2 Å². The third kappa shape index (κ3) is 16.9. The van der Waals surface area contributed by atoms with Crippen molar-refractivity contribution in [3.05, 3.63) is 106 Å². The van der Waals surface area contributed by atoms with E-state index in [1.54, 1.807) is 45.5 Å². The fraction of sp³-hybridized carbons (Fsp3) is 0.541. The molecule has 0 aromatic heterocycles. The van der Waals surface area contributed by atoms with Crippen LogP contribution in [0, 0.1) is 11.8 Å². The number of piperidine rings is 2. The van der Waals surface area contributed by atoms with Gasteiger partial charge in [0.25, 0.3) is 16.0 Å². The average Bonchev–Trinajstić information content (AvgIpc) is 4.13. The first kappa shape index (κ1) is 64.7. The average molecular weight is 1180 g/mol. The van der Waals surface area contributed by atoms with Crippen molar-refractivity contribution in [3.8, 4) is 23.0 Å². The molecule has 17 nitrogen and oxygen atoms in total. The zero-order valence-corrected chi connectivity index (χ0v) is 51.0. The second-order valence-corrected chi connectivity index (χ2v) is 24.0. The maximum Gasteiger partial charge on any atom is 0.264 e. The minimum atomic E-state index is -3.44. The van der Waals surface area contributed by atoms with Gasteiger partial charge in [-0.3, -0.25) is 23.4 Å². The number of carbonyl (C=O) groups excluding carboxylic acids is 4. The largest absolute Gasteiger partial charge is 0.497 e. The van der Waals surface area contributed by atoms with Crippen LogP contribution in [0.4, 0.5) is 11.4 Å². The number of likely N-dealkylation sites (tertiary alicyclic amines) is 1. The summed E-state index contributed by atoms with van der Waals surface area (Å²) in [5, 5.41) is 7.02. The van der Waals surface area contributed by atoms with E-state index < -0.39 is 15.7 Å². The van der Waals surface area contributed by atoms with E-state index in [1.807, 2.05) is 91.2 Å². The highest BCUT2D eigenvalue weighted by Crippen LogP contribution is 2.47. The molecule has 0 saturated carbocycles. The number of benzene rings is 4. The molecule has 0 aliphatic carbocycles. The molecule has 0 radical (unpaired) electrons. The van der Waals surface area contributed by atoms with Crippen LogP contribution in [-0.2, 0) is 43.8 Å². The maximum atomic E-state index is 13.9. The van der Waals surface area contributed by atoms with Gasteiger partial charge in [0.1, 0.15) is 41.0 Å². The van der Waals surface area contributed by atoms with Crippen LogP contribution in [0.3, 0.4) is 0 Å². The first-order chi connectivity index (χ1) is 38.7. The number of ketones is 1. The Bertz CT molecular complexity index is 2860. The molecule has 4 unspecified atom stereocenters. The van der Waals surface area contributed by atoms with Crippen LogP contribution in [0.15, 0.2) is 84.9 Å². The highest BCUT2D eigenvalue weighted by atomic mass is 35.5. The number of methoxy groups -OCH3 is 3. The number of halogens is 2. The van der Waals surface area contributed by atoms with Gasteiger partial charge in [-0.2, -0.15) is 8.42 Å². The van der Waals surface area contributed by atoms with Crippen LogP contribution in [0.1, 0.15) is 109 Å². The molecule has 0 spiro atoms. The highest BCUT2D eigenvalue weighted by molar-refractivity contribution is 7.85. The molecule has 81 heavy (non-hydrogen) atoms. The van der Waals surface area contributed by atoms with Crippen molar-refractivity contribution < 1.29 is 55.5 Å². The molecule has 4 heterocycles. The molecule has 2 N–H and O–H groups in total. The van der Waals surface area contributed by atoms with E-state index in [4.69, 9.17) is 51.1 Å². The Morgan fingerprint density at radius 2 is 1.30 bits per heavy atom. The van der Waals surface area contributed by atoms with Crippen molar-refractivity contribution in [3.63, 3.8) is 0 Å². The summed E-state index contributed by atoms with van der Waals surface area (Å²) >= 11 is 12.5. The van der Waals surface area contributed by atoms with E-state index in [0.717, 1.165) is 93.6 Å². The number of para-hydroxylation sites is 2. The fourth-order valence-electron chi connectivity index (χ4n) is 10.8. The number of amides is 3. The second kappa shape index (κ2) is 30.2. The Labute approximate surface area is 489 Å². The zero-order chi connectivity index (χ0) is 59.0. The molecule has 444 valence electrons. The number of anilines is 2. The lowest BCUT2D eigenvalue weighted by Gasteiger charge is -2.38. The van der Waals surface area contributed by atoms with Crippen LogP contribution >= 0.6 is 23.2 Å². The van der Waals surface area contributed by atoms with E-state index in [-0.39, 0.29) is 72.7 Å². The SMILES string of the molecule is CCC(=O)CC1C(=O)N(C2CCNCC2)c2ccccc21.CNC(=O)CC1(OC)C(=O)N(C2CCN(CCC(Oc3cc(OC)ccc3Cl)C(C)C)CC2)c2ccccc21.COc1ccc(Cl)c(OC(CCOS(C)(=O)=O)C(C)C)c1. The molecule has 4 aliphatic heterocycles. The quantitative estimate of drug-likeness (QED) is 0.0667. The summed E-state index contributed by atoms with van der Waals surface area (Å²) < 4.78 is 55.2. The van der Waals surface area contributed by atoms with E-state index >= 15 is 0 Å². The van der Waals surface area contributed by atoms with Gasteiger partial charge in [0.05, 0.1) is 55.2 Å². The van der Waals surface area contributed by atoms with Crippen molar-refractivity contribution in [1.29, 1.82) is 0 Å². The maximum absolute atomic E-state index is 13.9. The van der Waals surface area contributed by atoms with Gasteiger partial charge in [0.2, 0.25) is 11.8 Å². The number of fused-ring (bicyclic) bond motifs is 2. The lowest BCUT2D eigenvalue weighted by Crippen LogP contribution is -2.51. The van der Waals surface area contributed by atoms with E-state index in [2.05, 4.69) is 29.4 Å². The summed E-state index contributed by atoms with van der Waals surface area (Å²) in [4.78, 5) is 57.2. The summed E-state index contributed by atoms with van der Waals surface area (Å²) in [6.45, 7) is 14.8. The predicted octanol–water partition coefficient (Wildman–Crippen LogP) is 9.99. The first-order valence-corrected chi connectivity index (χ1v) is 30.7. The number of Topliss-reactive ketones (excluding diaryl/α,β-unsaturated/α-hetero) is 1.